The van der Waals surface area contributed by atoms with Crippen LogP contribution in [0.1, 0.15) is 16.1 Å². The number of carbonyl (C=O) groups is 1. The second-order valence-electron chi connectivity index (χ2n) is 2.94. The maximum Gasteiger partial charge on any atom is 0.341 e. The summed E-state index contributed by atoms with van der Waals surface area (Å²) in [7, 11) is 1.34. The SMILES string of the molecule is COC(=O)c1cccc2c(C)noc12. The van der Waals surface area contributed by atoms with Crippen LogP contribution in [0.2, 0.25) is 0 Å². The third-order valence-corrected chi connectivity index (χ3v) is 2.08. The van der Waals surface area contributed by atoms with E-state index in [1.54, 1.807) is 12.1 Å². The predicted molar refractivity (Wildman–Crippen MR) is 50.1 cm³/mol. The first-order chi connectivity index (χ1) is 6.74. The molecule has 0 aliphatic heterocycles. The third kappa shape index (κ3) is 1.16. The van der Waals surface area contributed by atoms with Crippen molar-refractivity contribution in [1.29, 1.82) is 0 Å². The molecule has 0 bridgehead atoms. The molecule has 0 aliphatic rings. The van der Waals surface area contributed by atoms with E-state index in [2.05, 4.69) is 9.89 Å². The first-order valence-corrected chi connectivity index (χ1v) is 4.17. The van der Waals surface area contributed by atoms with Crippen molar-refractivity contribution in [3.05, 3.63) is 29.5 Å². The molecule has 4 heteroatoms. The van der Waals surface area contributed by atoms with Crippen molar-refractivity contribution < 1.29 is 14.1 Å². The number of hydrogen-bond donors (Lipinski definition) is 0. The molecule has 0 saturated heterocycles. The highest BCUT2D eigenvalue weighted by Crippen LogP contribution is 2.21. The van der Waals surface area contributed by atoms with Crippen LogP contribution in [0.5, 0.6) is 0 Å². The molecule has 0 radical (unpaired) electrons. The summed E-state index contributed by atoms with van der Waals surface area (Å²) in [6.07, 6.45) is 0. The lowest BCUT2D eigenvalue weighted by atomic mass is 10.1. The topological polar surface area (TPSA) is 52.3 Å². The number of hydrogen-bond acceptors (Lipinski definition) is 4. The maximum absolute atomic E-state index is 11.3. The van der Waals surface area contributed by atoms with Crippen LogP contribution in [0, 0.1) is 6.92 Å². The van der Waals surface area contributed by atoms with Crippen molar-refractivity contribution in [3.8, 4) is 0 Å². The summed E-state index contributed by atoms with van der Waals surface area (Å²) in [6, 6.07) is 5.28. The van der Waals surface area contributed by atoms with E-state index in [9.17, 15) is 4.79 Å². The Hall–Kier alpha value is -1.84. The highest BCUT2D eigenvalue weighted by Gasteiger charge is 2.14. The monoisotopic (exact) mass is 191 g/mol. The van der Waals surface area contributed by atoms with E-state index in [0.717, 1.165) is 11.1 Å². The Kier molecular flexibility index (Phi) is 1.96. The van der Waals surface area contributed by atoms with Crippen LogP contribution in [0.4, 0.5) is 0 Å². The largest absolute Gasteiger partial charge is 0.465 e. The molecule has 0 amide bonds. The van der Waals surface area contributed by atoms with Crippen LogP contribution < -0.4 is 0 Å². The number of aromatic nitrogens is 1. The molecule has 0 unspecified atom stereocenters. The van der Waals surface area contributed by atoms with Gasteiger partial charge in [-0.1, -0.05) is 11.2 Å². The van der Waals surface area contributed by atoms with Gasteiger partial charge in [0.2, 0.25) is 0 Å². The van der Waals surface area contributed by atoms with Crippen molar-refractivity contribution >= 4 is 16.9 Å². The summed E-state index contributed by atoms with van der Waals surface area (Å²) in [5.74, 6) is -0.410. The van der Waals surface area contributed by atoms with E-state index in [1.807, 2.05) is 13.0 Å². The maximum atomic E-state index is 11.3. The van der Waals surface area contributed by atoms with E-state index in [0.29, 0.717) is 11.1 Å². The van der Waals surface area contributed by atoms with Gasteiger partial charge in [-0.2, -0.15) is 0 Å². The fourth-order valence-corrected chi connectivity index (χ4v) is 1.35. The molecule has 2 aromatic rings. The first-order valence-electron chi connectivity index (χ1n) is 4.17. The number of carbonyl (C=O) groups excluding carboxylic acids is 1. The van der Waals surface area contributed by atoms with Gasteiger partial charge in [-0.25, -0.2) is 4.79 Å². The Balaban J connectivity index is 2.71. The molecule has 14 heavy (non-hydrogen) atoms. The number of benzene rings is 1. The summed E-state index contributed by atoms with van der Waals surface area (Å²) in [5, 5.41) is 4.63. The minimum atomic E-state index is -0.410. The molecule has 1 aromatic heterocycles. The van der Waals surface area contributed by atoms with Crippen molar-refractivity contribution in [1.82, 2.24) is 5.16 Å². The van der Waals surface area contributed by atoms with Crippen LogP contribution in [-0.2, 0) is 4.74 Å². The Bertz CT molecular complexity index is 487. The number of esters is 1. The highest BCUT2D eigenvalue weighted by molar-refractivity contribution is 6.02. The average Bonchev–Trinajstić information content (AvgIpc) is 2.59. The molecule has 0 fully saturated rings. The molecular formula is C10H9NO3. The van der Waals surface area contributed by atoms with Crippen LogP contribution in [0.25, 0.3) is 11.0 Å². The number of methoxy groups -OCH3 is 1. The number of nitrogens with zero attached hydrogens (tertiary/aromatic N) is 1. The van der Waals surface area contributed by atoms with Gasteiger partial charge in [-0.05, 0) is 19.1 Å². The van der Waals surface area contributed by atoms with E-state index < -0.39 is 5.97 Å². The Morgan fingerprint density at radius 1 is 1.50 bits per heavy atom. The summed E-state index contributed by atoms with van der Waals surface area (Å²) in [5.41, 5.74) is 1.66. The van der Waals surface area contributed by atoms with Gasteiger partial charge in [0.15, 0.2) is 5.58 Å². The minimum absolute atomic E-state index is 0.408. The molecule has 1 heterocycles. The van der Waals surface area contributed by atoms with Crippen molar-refractivity contribution in [2.24, 2.45) is 0 Å². The fourth-order valence-electron chi connectivity index (χ4n) is 1.35. The quantitative estimate of drug-likeness (QED) is 0.646. The zero-order valence-electron chi connectivity index (χ0n) is 7.90. The van der Waals surface area contributed by atoms with Gasteiger partial charge in [-0.15, -0.1) is 0 Å². The molecule has 0 atom stereocenters. The van der Waals surface area contributed by atoms with Crippen LogP contribution in [-0.4, -0.2) is 18.2 Å². The van der Waals surface area contributed by atoms with Gasteiger partial charge in [-0.3, -0.25) is 0 Å². The standard InChI is InChI=1S/C10H9NO3/c1-6-7-4-3-5-8(10(12)13-2)9(7)14-11-6/h3-5H,1-2H3. The summed E-state index contributed by atoms with van der Waals surface area (Å²) < 4.78 is 9.68. The number of para-hydroxylation sites is 1. The van der Waals surface area contributed by atoms with Crippen molar-refractivity contribution in [3.63, 3.8) is 0 Å². The first kappa shape index (κ1) is 8.74. The molecule has 1 aromatic carbocycles. The Morgan fingerprint density at radius 3 is 3.00 bits per heavy atom. The summed E-state index contributed by atoms with van der Waals surface area (Å²) in [4.78, 5) is 11.3. The van der Waals surface area contributed by atoms with Gasteiger partial charge in [0.25, 0.3) is 0 Å². The van der Waals surface area contributed by atoms with Gasteiger partial charge in [0.05, 0.1) is 12.8 Å². The fraction of sp³-hybridized carbons (Fsp3) is 0.200. The lowest BCUT2D eigenvalue weighted by molar-refractivity contribution is 0.0601. The number of fused-ring (bicyclic) bond motifs is 1. The molecule has 4 nitrogen and oxygen atoms in total. The molecular weight excluding hydrogens is 182 g/mol. The number of rotatable bonds is 1. The van der Waals surface area contributed by atoms with Gasteiger partial charge < -0.3 is 9.26 Å². The lowest BCUT2D eigenvalue weighted by Gasteiger charge is -1.97. The third-order valence-electron chi connectivity index (χ3n) is 2.08. The van der Waals surface area contributed by atoms with Gasteiger partial charge in [0, 0.05) is 5.39 Å². The molecule has 0 saturated carbocycles. The van der Waals surface area contributed by atoms with E-state index >= 15 is 0 Å². The Morgan fingerprint density at radius 2 is 2.29 bits per heavy atom. The van der Waals surface area contributed by atoms with Crippen molar-refractivity contribution in [2.45, 2.75) is 6.92 Å². The normalized spacial score (nSPS) is 10.4. The lowest BCUT2D eigenvalue weighted by Crippen LogP contribution is -2.00. The number of aryl methyl sites for hydroxylation is 1. The zero-order valence-corrected chi connectivity index (χ0v) is 7.90. The molecule has 72 valence electrons. The van der Waals surface area contributed by atoms with Crippen molar-refractivity contribution in [2.75, 3.05) is 7.11 Å². The zero-order chi connectivity index (χ0) is 10.1. The molecule has 0 N–H and O–H groups in total. The Labute approximate surface area is 80.4 Å². The summed E-state index contributed by atoms with van der Waals surface area (Å²) >= 11 is 0. The average molecular weight is 191 g/mol. The van der Waals surface area contributed by atoms with E-state index in [-0.39, 0.29) is 0 Å². The van der Waals surface area contributed by atoms with Gasteiger partial charge in [0.1, 0.15) is 5.56 Å². The van der Waals surface area contributed by atoms with E-state index in [4.69, 9.17) is 4.52 Å². The van der Waals surface area contributed by atoms with E-state index in [1.165, 1.54) is 7.11 Å². The van der Waals surface area contributed by atoms with Crippen LogP contribution >= 0.6 is 0 Å². The predicted octanol–water partition coefficient (Wildman–Crippen LogP) is 1.92. The molecule has 0 spiro atoms. The highest BCUT2D eigenvalue weighted by atomic mass is 16.5. The molecule has 0 aliphatic carbocycles. The second kappa shape index (κ2) is 3.14. The molecule has 2 rings (SSSR count). The second-order valence-corrected chi connectivity index (χ2v) is 2.94. The van der Waals surface area contributed by atoms with Gasteiger partial charge >= 0.3 is 5.97 Å². The van der Waals surface area contributed by atoms with Crippen LogP contribution in [0.3, 0.4) is 0 Å². The number of ether oxygens (including phenoxy) is 1. The smallest absolute Gasteiger partial charge is 0.341 e. The summed E-state index contributed by atoms with van der Waals surface area (Å²) in [6.45, 7) is 1.83. The minimum Gasteiger partial charge on any atom is -0.465 e. The van der Waals surface area contributed by atoms with Crippen LogP contribution in [0.15, 0.2) is 22.7 Å².